The van der Waals surface area contributed by atoms with E-state index >= 15 is 0 Å². The molecule has 1 saturated heterocycles. The van der Waals surface area contributed by atoms with E-state index in [0.29, 0.717) is 18.4 Å². The molecule has 1 heterocycles. The number of likely N-dealkylation sites (N-methyl/N-ethyl adjacent to an activating group) is 1. The smallest absolute Gasteiger partial charge is 0.233 e. The fraction of sp³-hybridized carbons (Fsp3) is 0.900. The van der Waals surface area contributed by atoms with Gasteiger partial charge in [0.05, 0.1) is 6.54 Å². The van der Waals surface area contributed by atoms with E-state index < -0.39 is 0 Å². The van der Waals surface area contributed by atoms with Crippen molar-refractivity contribution in [3.8, 4) is 0 Å². The summed E-state index contributed by atoms with van der Waals surface area (Å²) in [6.07, 6.45) is 1.12. The Kier molecular flexibility index (Phi) is 4.35. The standard InChI is InChI=1S/C10H21N3O/c1-8-6-13(7-10(14)12-2)4-3-9(8)5-11/h8-9H,3-7,11H2,1-2H3,(H,12,14). The number of carbonyl (C=O) groups is 1. The Hall–Kier alpha value is -0.610. The molecular weight excluding hydrogens is 178 g/mol. The van der Waals surface area contributed by atoms with Crippen molar-refractivity contribution in [1.29, 1.82) is 0 Å². The molecular formula is C10H21N3O. The summed E-state index contributed by atoms with van der Waals surface area (Å²) in [5.74, 6) is 1.35. The predicted molar refractivity (Wildman–Crippen MR) is 56.8 cm³/mol. The molecule has 0 saturated carbocycles. The van der Waals surface area contributed by atoms with Gasteiger partial charge in [0.2, 0.25) is 5.91 Å². The molecule has 4 nitrogen and oxygen atoms in total. The Morgan fingerprint density at radius 3 is 2.86 bits per heavy atom. The van der Waals surface area contributed by atoms with Gasteiger partial charge in [-0.3, -0.25) is 9.69 Å². The summed E-state index contributed by atoms with van der Waals surface area (Å²) in [6.45, 7) is 5.51. The first kappa shape index (κ1) is 11.5. The molecule has 1 fully saturated rings. The van der Waals surface area contributed by atoms with Gasteiger partial charge in [0.1, 0.15) is 0 Å². The second-order valence-electron chi connectivity index (χ2n) is 4.17. The van der Waals surface area contributed by atoms with Crippen LogP contribution < -0.4 is 11.1 Å². The molecule has 0 spiro atoms. The highest BCUT2D eigenvalue weighted by atomic mass is 16.1. The van der Waals surface area contributed by atoms with Crippen LogP contribution in [0.15, 0.2) is 0 Å². The molecule has 1 rings (SSSR count). The van der Waals surface area contributed by atoms with Crippen LogP contribution in [-0.4, -0.2) is 44.0 Å². The fourth-order valence-electron chi connectivity index (χ4n) is 2.06. The molecule has 0 radical (unpaired) electrons. The Balaban J connectivity index is 2.35. The number of likely N-dealkylation sites (tertiary alicyclic amines) is 1. The third kappa shape index (κ3) is 2.96. The number of nitrogens with one attached hydrogen (secondary N) is 1. The van der Waals surface area contributed by atoms with Crippen molar-refractivity contribution in [2.24, 2.45) is 17.6 Å². The van der Waals surface area contributed by atoms with Crippen LogP contribution in [-0.2, 0) is 4.79 Å². The first-order valence-electron chi connectivity index (χ1n) is 5.30. The average Bonchev–Trinajstić information content (AvgIpc) is 2.18. The number of carbonyl (C=O) groups excluding carboxylic acids is 1. The molecule has 14 heavy (non-hydrogen) atoms. The number of nitrogens with two attached hydrogens (primary N) is 1. The maximum absolute atomic E-state index is 11.2. The lowest BCUT2D eigenvalue weighted by atomic mass is 9.87. The van der Waals surface area contributed by atoms with Crippen molar-refractivity contribution >= 4 is 5.91 Å². The minimum Gasteiger partial charge on any atom is -0.358 e. The summed E-state index contributed by atoms with van der Waals surface area (Å²) in [5.41, 5.74) is 5.67. The van der Waals surface area contributed by atoms with Gasteiger partial charge in [-0.15, -0.1) is 0 Å². The number of nitrogens with zero attached hydrogens (tertiary/aromatic N) is 1. The Morgan fingerprint density at radius 1 is 1.64 bits per heavy atom. The molecule has 2 unspecified atom stereocenters. The van der Waals surface area contributed by atoms with E-state index in [9.17, 15) is 4.79 Å². The summed E-state index contributed by atoms with van der Waals surface area (Å²) >= 11 is 0. The topological polar surface area (TPSA) is 58.4 Å². The SMILES string of the molecule is CNC(=O)CN1CCC(CN)C(C)C1. The van der Waals surface area contributed by atoms with Crippen LogP contribution in [0.5, 0.6) is 0 Å². The van der Waals surface area contributed by atoms with Crippen LogP contribution in [0.3, 0.4) is 0 Å². The van der Waals surface area contributed by atoms with Crippen molar-refractivity contribution < 1.29 is 4.79 Å². The highest BCUT2D eigenvalue weighted by molar-refractivity contribution is 5.77. The highest BCUT2D eigenvalue weighted by Gasteiger charge is 2.25. The monoisotopic (exact) mass is 199 g/mol. The van der Waals surface area contributed by atoms with E-state index in [1.165, 1.54) is 0 Å². The van der Waals surface area contributed by atoms with E-state index in [1.54, 1.807) is 7.05 Å². The highest BCUT2D eigenvalue weighted by Crippen LogP contribution is 2.21. The van der Waals surface area contributed by atoms with Crippen LogP contribution >= 0.6 is 0 Å². The molecule has 4 heteroatoms. The summed E-state index contributed by atoms with van der Waals surface area (Å²) in [6, 6.07) is 0. The van der Waals surface area contributed by atoms with E-state index in [-0.39, 0.29) is 5.91 Å². The summed E-state index contributed by atoms with van der Waals surface area (Å²) < 4.78 is 0. The first-order chi connectivity index (χ1) is 6.67. The lowest BCUT2D eigenvalue weighted by Gasteiger charge is -2.35. The molecule has 3 N–H and O–H groups in total. The predicted octanol–water partition coefficient (Wildman–Crippen LogP) is -0.351. The van der Waals surface area contributed by atoms with Gasteiger partial charge in [-0.25, -0.2) is 0 Å². The van der Waals surface area contributed by atoms with Gasteiger partial charge < -0.3 is 11.1 Å². The Morgan fingerprint density at radius 2 is 2.36 bits per heavy atom. The van der Waals surface area contributed by atoms with Crippen LogP contribution in [0.2, 0.25) is 0 Å². The number of hydrogen-bond donors (Lipinski definition) is 2. The van der Waals surface area contributed by atoms with Gasteiger partial charge in [0.25, 0.3) is 0 Å². The van der Waals surface area contributed by atoms with Crippen molar-refractivity contribution in [3.63, 3.8) is 0 Å². The lowest BCUT2D eigenvalue weighted by molar-refractivity contribution is -0.122. The average molecular weight is 199 g/mol. The molecule has 0 bridgehead atoms. The maximum atomic E-state index is 11.2. The fourth-order valence-corrected chi connectivity index (χ4v) is 2.06. The van der Waals surface area contributed by atoms with Crippen LogP contribution in [0.25, 0.3) is 0 Å². The summed E-state index contributed by atoms with van der Waals surface area (Å²) in [4.78, 5) is 13.4. The van der Waals surface area contributed by atoms with Crippen molar-refractivity contribution in [1.82, 2.24) is 10.2 Å². The zero-order chi connectivity index (χ0) is 10.6. The van der Waals surface area contributed by atoms with Crippen molar-refractivity contribution in [2.45, 2.75) is 13.3 Å². The largest absolute Gasteiger partial charge is 0.358 e. The van der Waals surface area contributed by atoms with Gasteiger partial charge in [0.15, 0.2) is 0 Å². The van der Waals surface area contributed by atoms with E-state index in [4.69, 9.17) is 5.73 Å². The maximum Gasteiger partial charge on any atom is 0.233 e. The lowest BCUT2D eigenvalue weighted by Crippen LogP contribution is -2.45. The van der Waals surface area contributed by atoms with Crippen LogP contribution in [0, 0.1) is 11.8 Å². The Labute approximate surface area is 85.8 Å². The number of piperidine rings is 1. The third-order valence-corrected chi connectivity index (χ3v) is 3.12. The van der Waals surface area contributed by atoms with Gasteiger partial charge in [0, 0.05) is 13.6 Å². The minimum atomic E-state index is 0.100. The molecule has 0 aromatic heterocycles. The summed E-state index contributed by atoms with van der Waals surface area (Å²) in [5, 5.41) is 2.65. The molecule has 0 aromatic carbocycles. The molecule has 1 aliphatic heterocycles. The van der Waals surface area contributed by atoms with E-state index in [0.717, 1.165) is 26.1 Å². The molecule has 0 aliphatic carbocycles. The molecule has 82 valence electrons. The van der Waals surface area contributed by atoms with Crippen molar-refractivity contribution in [3.05, 3.63) is 0 Å². The normalized spacial score (nSPS) is 28.8. The second-order valence-corrected chi connectivity index (χ2v) is 4.17. The van der Waals surface area contributed by atoms with E-state index in [1.807, 2.05) is 0 Å². The number of rotatable bonds is 3. The third-order valence-electron chi connectivity index (χ3n) is 3.12. The van der Waals surface area contributed by atoms with Gasteiger partial charge in [-0.05, 0) is 31.3 Å². The quantitative estimate of drug-likeness (QED) is 0.653. The summed E-state index contributed by atoms with van der Waals surface area (Å²) in [7, 11) is 1.68. The van der Waals surface area contributed by atoms with Gasteiger partial charge in [-0.2, -0.15) is 0 Å². The van der Waals surface area contributed by atoms with Gasteiger partial charge in [-0.1, -0.05) is 6.92 Å². The second kappa shape index (κ2) is 5.32. The molecule has 1 aliphatic rings. The molecule has 0 aromatic rings. The van der Waals surface area contributed by atoms with Crippen LogP contribution in [0.1, 0.15) is 13.3 Å². The first-order valence-corrected chi connectivity index (χ1v) is 5.30. The van der Waals surface area contributed by atoms with Gasteiger partial charge >= 0.3 is 0 Å². The Bertz CT molecular complexity index is 196. The number of amides is 1. The number of hydrogen-bond acceptors (Lipinski definition) is 3. The zero-order valence-corrected chi connectivity index (χ0v) is 9.12. The molecule has 2 atom stereocenters. The van der Waals surface area contributed by atoms with Crippen LogP contribution in [0.4, 0.5) is 0 Å². The van der Waals surface area contributed by atoms with Crippen molar-refractivity contribution in [2.75, 3.05) is 33.2 Å². The van der Waals surface area contributed by atoms with E-state index in [2.05, 4.69) is 17.1 Å². The minimum absolute atomic E-state index is 0.100. The molecule has 1 amide bonds. The zero-order valence-electron chi connectivity index (χ0n) is 9.12.